The van der Waals surface area contributed by atoms with Crippen molar-refractivity contribution in [3.8, 4) is 0 Å². The SMILES string of the molecule is O=C(O)CC1COCCN1CCn1cccn1. The monoisotopic (exact) mass is 239 g/mol. The molecule has 1 atom stereocenters. The van der Waals surface area contributed by atoms with Crippen molar-refractivity contribution in [1.29, 1.82) is 0 Å². The molecule has 1 aromatic rings. The Bertz CT molecular complexity index is 353. The van der Waals surface area contributed by atoms with Gasteiger partial charge in [0.05, 0.1) is 26.2 Å². The Labute approximate surface area is 99.8 Å². The van der Waals surface area contributed by atoms with Crippen LogP contribution in [-0.2, 0) is 16.1 Å². The summed E-state index contributed by atoms with van der Waals surface area (Å²) in [4.78, 5) is 12.9. The van der Waals surface area contributed by atoms with Crippen LogP contribution in [0.2, 0.25) is 0 Å². The van der Waals surface area contributed by atoms with Gasteiger partial charge in [-0.25, -0.2) is 0 Å². The van der Waals surface area contributed by atoms with Gasteiger partial charge >= 0.3 is 5.97 Å². The van der Waals surface area contributed by atoms with Gasteiger partial charge in [0.1, 0.15) is 0 Å². The fourth-order valence-electron chi connectivity index (χ4n) is 2.04. The van der Waals surface area contributed by atoms with Crippen molar-refractivity contribution in [3.63, 3.8) is 0 Å². The summed E-state index contributed by atoms with van der Waals surface area (Å²) in [6.07, 6.45) is 3.79. The number of carboxylic acid groups (broad SMARTS) is 1. The quantitative estimate of drug-likeness (QED) is 0.787. The molecule has 17 heavy (non-hydrogen) atoms. The third-order valence-electron chi connectivity index (χ3n) is 2.94. The van der Waals surface area contributed by atoms with Gasteiger partial charge in [-0.1, -0.05) is 0 Å². The third kappa shape index (κ3) is 3.54. The molecule has 94 valence electrons. The molecule has 1 aromatic heterocycles. The van der Waals surface area contributed by atoms with Crippen LogP contribution in [0.1, 0.15) is 6.42 Å². The molecule has 6 nitrogen and oxygen atoms in total. The molecular formula is C11H17N3O3. The molecule has 1 fully saturated rings. The number of hydrogen-bond acceptors (Lipinski definition) is 4. The fraction of sp³-hybridized carbons (Fsp3) is 0.636. The van der Waals surface area contributed by atoms with Crippen molar-refractivity contribution in [3.05, 3.63) is 18.5 Å². The van der Waals surface area contributed by atoms with Gasteiger partial charge in [0.2, 0.25) is 0 Å². The van der Waals surface area contributed by atoms with Crippen molar-refractivity contribution < 1.29 is 14.6 Å². The molecule has 1 saturated heterocycles. The normalized spacial score (nSPS) is 21.5. The molecular weight excluding hydrogens is 222 g/mol. The average Bonchev–Trinajstić information content (AvgIpc) is 2.80. The number of aromatic nitrogens is 2. The van der Waals surface area contributed by atoms with Crippen LogP contribution in [-0.4, -0.2) is 58.1 Å². The van der Waals surface area contributed by atoms with Gasteiger partial charge in [-0.3, -0.25) is 14.4 Å². The molecule has 0 bridgehead atoms. The minimum absolute atomic E-state index is 0.0168. The Morgan fingerprint density at radius 2 is 2.41 bits per heavy atom. The highest BCUT2D eigenvalue weighted by Gasteiger charge is 2.24. The third-order valence-corrected chi connectivity index (χ3v) is 2.94. The van der Waals surface area contributed by atoms with Crippen LogP contribution in [0.3, 0.4) is 0 Å². The first-order valence-corrected chi connectivity index (χ1v) is 5.77. The smallest absolute Gasteiger partial charge is 0.305 e. The Balaban J connectivity index is 1.85. The van der Waals surface area contributed by atoms with Gasteiger partial charge in [-0.05, 0) is 6.07 Å². The maximum Gasteiger partial charge on any atom is 0.305 e. The van der Waals surface area contributed by atoms with Crippen molar-refractivity contribution in [2.45, 2.75) is 19.0 Å². The average molecular weight is 239 g/mol. The lowest BCUT2D eigenvalue weighted by Crippen LogP contribution is -2.47. The highest BCUT2D eigenvalue weighted by Crippen LogP contribution is 2.10. The molecule has 1 aliphatic rings. The molecule has 1 aliphatic heterocycles. The van der Waals surface area contributed by atoms with Crippen LogP contribution in [0.25, 0.3) is 0 Å². The number of ether oxygens (including phenoxy) is 1. The molecule has 2 rings (SSSR count). The molecule has 6 heteroatoms. The van der Waals surface area contributed by atoms with E-state index in [1.54, 1.807) is 6.20 Å². The lowest BCUT2D eigenvalue weighted by Gasteiger charge is -2.34. The second-order valence-corrected chi connectivity index (χ2v) is 4.13. The molecule has 0 spiro atoms. The first-order chi connectivity index (χ1) is 8.25. The maximum absolute atomic E-state index is 10.7. The minimum Gasteiger partial charge on any atom is -0.481 e. The number of nitrogens with zero attached hydrogens (tertiary/aromatic N) is 3. The van der Waals surface area contributed by atoms with Crippen LogP contribution in [0.5, 0.6) is 0 Å². The Morgan fingerprint density at radius 3 is 3.12 bits per heavy atom. The second-order valence-electron chi connectivity index (χ2n) is 4.13. The van der Waals surface area contributed by atoms with Gasteiger partial charge in [0, 0.05) is 31.5 Å². The summed E-state index contributed by atoms with van der Waals surface area (Å²) in [5.74, 6) is -0.774. The number of aliphatic carboxylic acids is 1. The highest BCUT2D eigenvalue weighted by molar-refractivity contribution is 5.67. The van der Waals surface area contributed by atoms with Crippen LogP contribution < -0.4 is 0 Å². The summed E-state index contributed by atoms with van der Waals surface area (Å²) >= 11 is 0. The molecule has 1 unspecified atom stereocenters. The topological polar surface area (TPSA) is 67.6 Å². The van der Waals surface area contributed by atoms with Crippen LogP contribution >= 0.6 is 0 Å². The molecule has 0 aliphatic carbocycles. The van der Waals surface area contributed by atoms with E-state index in [1.165, 1.54) is 0 Å². The van der Waals surface area contributed by atoms with Crippen molar-refractivity contribution >= 4 is 5.97 Å². The number of carbonyl (C=O) groups is 1. The van der Waals surface area contributed by atoms with Gasteiger partial charge < -0.3 is 9.84 Å². The summed E-state index contributed by atoms with van der Waals surface area (Å²) in [6.45, 7) is 3.56. The van der Waals surface area contributed by atoms with Crippen molar-refractivity contribution in [2.75, 3.05) is 26.3 Å². The van der Waals surface area contributed by atoms with E-state index >= 15 is 0 Å². The van der Waals surface area contributed by atoms with E-state index in [9.17, 15) is 4.79 Å². The zero-order valence-electron chi connectivity index (χ0n) is 9.66. The minimum atomic E-state index is -0.774. The Kier molecular flexibility index (Phi) is 4.11. The van der Waals surface area contributed by atoms with Crippen molar-refractivity contribution in [2.24, 2.45) is 0 Å². The fourth-order valence-corrected chi connectivity index (χ4v) is 2.04. The number of rotatable bonds is 5. The first kappa shape index (κ1) is 12.1. The maximum atomic E-state index is 10.7. The Morgan fingerprint density at radius 1 is 1.53 bits per heavy atom. The van der Waals surface area contributed by atoms with Gasteiger partial charge in [-0.2, -0.15) is 5.10 Å². The molecule has 0 aromatic carbocycles. The van der Waals surface area contributed by atoms with Gasteiger partial charge in [-0.15, -0.1) is 0 Å². The number of carboxylic acids is 1. The Hall–Kier alpha value is -1.40. The molecule has 1 N–H and O–H groups in total. The molecule has 0 saturated carbocycles. The van der Waals surface area contributed by atoms with Gasteiger partial charge in [0.15, 0.2) is 0 Å². The molecule has 0 amide bonds. The summed E-state index contributed by atoms with van der Waals surface area (Å²) in [5.41, 5.74) is 0. The van der Waals surface area contributed by atoms with Crippen LogP contribution in [0, 0.1) is 0 Å². The summed E-state index contributed by atoms with van der Waals surface area (Å²) in [5, 5.41) is 13.0. The highest BCUT2D eigenvalue weighted by atomic mass is 16.5. The van der Waals surface area contributed by atoms with E-state index in [1.807, 2.05) is 16.9 Å². The van der Waals surface area contributed by atoms with E-state index < -0.39 is 5.97 Å². The van der Waals surface area contributed by atoms with E-state index in [2.05, 4.69) is 10.00 Å². The van der Waals surface area contributed by atoms with Crippen LogP contribution in [0.15, 0.2) is 18.5 Å². The zero-order valence-corrected chi connectivity index (χ0v) is 9.66. The lowest BCUT2D eigenvalue weighted by atomic mass is 10.1. The lowest BCUT2D eigenvalue weighted by molar-refractivity contribution is -0.140. The predicted molar refractivity (Wildman–Crippen MR) is 60.7 cm³/mol. The number of morpholine rings is 1. The van der Waals surface area contributed by atoms with E-state index in [0.29, 0.717) is 13.2 Å². The second kappa shape index (κ2) is 5.79. The van der Waals surface area contributed by atoms with Gasteiger partial charge in [0.25, 0.3) is 0 Å². The largest absolute Gasteiger partial charge is 0.481 e. The predicted octanol–water partition coefficient (Wildman–Crippen LogP) is 0.0586. The molecule has 0 radical (unpaired) electrons. The standard InChI is InChI=1S/C11H17N3O3/c15-11(16)8-10-9-17-7-6-13(10)4-5-14-3-1-2-12-14/h1-3,10H,4-9H2,(H,15,16). The summed E-state index contributed by atoms with van der Waals surface area (Å²) in [6, 6.07) is 1.87. The van der Waals surface area contributed by atoms with E-state index in [4.69, 9.17) is 9.84 Å². The first-order valence-electron chi connectivity index (χ1n) is 5.77. The van der Waals surface area contributed by atoms with Crippen LogP contribution in [0.4, 0.5) is 0 Å². The summed E-state index contributed by atoms with van der Waals surface area (Å²) < 4.78 is 7.18. The van der Waals surface area contributed by atoms with E-state index in [0.717, 1.165) is 19.6 Å². The molecule has 2 heterocycles. The van der Waals surface area contributed by atoms with E-state index in [-0.39, 0.29) is 12.5 Å². The van der Waals surface area contributed by atoms with Crippen molar-refractivity contribution in [1.82, 2.24) is 14.7 Å². The number of hydrogen-bond donors (Lipinski definition) is 1. The zero-order chi connectivity index (χ0) is 12.1. The summed E-state index contributed by atoms with van der Waals surface area (Å²) in [7, 11) is 0.